The second kappa shape index (κ2) is 8.95. The van der Waals surface area contributed by atoms with Gasteiger partial charge in [0.15, 0.2) is 10.1 Å². The summed E-state index contributed by atoms with van der Waals surface area (Å²) in [5.41, 5.74) is 5.15. The van der Waals surface area contributed by atoms with Gasteiger partial charge in [0, 0.05) is 19.4 Å². The average Bonchev–Trinajstić information content (AvgIpc) is 2.77. The van der Waals surface area contributed by atoms with Gasteiger partial charge in [-0.05, 0) is 25.3 Å². The lowest BCUT2D eigenvalue weighted by molar-refractivity contribution is -0.910. The fourth-order valence-corrected chi connectivity index (χ4v) is 2.73. The van der Waals surface area contributed by atoms with Gasteiger partial charge in [0.05, 0.1) is 6.54 Å². The minimum Gasteiger partial charge on any atom is -0.743 e. The first kappa shape index (κ1) is 25.9. The van der Waals surface area contributed by atoms with E-state index in [0.29, 0.717) is 0 Å². The van der Waals surface area contributed by atoms with Crippen molar-refractivity contribution in [3.05, 3.63) is 11.8 Å². The maximum atomic E-state index is 12.2. The normalized spacial score (nSPS) is 22.0. The van der Waals surface area contributed by atoms with Gasteiger partial charge in [-0.3, -0.25) is 0 Å². The Morgan fingerprint density at radius 2 is 1.55 bits per heavy atom. The third-order valence-electron chi connectivity index (χ3n) is 3.86. The summed E-state index contributed by atoms with van der Waals surface area (Å²) in [6.07, 6.45) is -11.4. The Kier molecular flexibility index (Phi) is 8.01. The molecule has 1 saturated heterocycles. The van der Waals surface area contributed by atoms with Crippen LogP contribution in [0.5, 0.6) is 0 Å². The Hall–Kier alpha value is -1.10. The molecule has 2 N–H and O–H groups in total. The molecule has 6 nitrogen and oxygen atoms in total. The van der Waals surface area contributed by atoms with E-state index in [1.165, 1.54) is 49.9 Å². The van der Waals surface area contributed by atoms with Crippen molar-refractivity contribution in [2.45, 2.75) is 55.8 Å². The minimum absolute atomic E-state index is 1.20. The molecule has 16 heteroatoms. The predicted octanol–water partition coefficient (Wildman–Crippen LogP) is 2.13. The van der Waals surface area contributed by atoms with Crippen LogP contribution in [0.3, 0.4) is 0 Å². The molecule has 2 heterocycles. The monoisotopic (exact) mass is 468 g/mol. The number of halogens is 9. The summed E-state index contributed by atoms with van der Waals surface area (Å²) >= 11 is 0. The maximum absolute atomic E-state index is 12.2. The standard InChI is InChI=1S/C9H16N2.C4HF9O4S/c1-3-7-10-11-8-4-2-6-9(11)5-1;5-1(6,7)2(8,9)17-3(10,11)4(12,13)18(14,15)16/h6,10H,1-5,7-8H2;(H,14,15,16). The highest BCUT2D eigenvalue weighted by Gasteiger charge is 2.72. The lowest BCUT2D eigenvalue weighted by Crippen LogP contribution is -3.17. The van der Waals surface area contributed by atoms with E-state index in [4.69, 9.17) is 0 Å². The number of alkyl halides is 9. The van der Waals surface area contributed by atoms with Crippen molar-refractivity contribution in [3.8, 4) is 0 Å². The molecule has 172 valence electrons. The average molecular weight is 468 g/mol. The zero-order valence-electron chi connectivity index (χ0n) is 14.5. The Labute approximate surface area is 159 Å². The van der Waals surface area contributed by atoms with E-state index in [2.05, 4.69) is 11.5 Å². The molecule has 2 aliphatic rings. The van der Waals surface area contributed by atoms with Crippen molar-refractivity contribution in [2.24, 2.45) is 0 Å². The van der Waals surface area contributed by atoms with E-state index in [0.717, 1.165) is 0 Å². The maximum Gasteiger partial charge on any atom is 0.483 e. The smallest absolute Gasteiger partial charge is 0.483 e. The first-order valence-electron chi connectivity index (χ1n) is 8.07. The van der Waals surface area contributed by atoms with Crippen LogP contribution < -0.4 is 10.4 Å². The highest BCUT2D eigenvalue weighted by Crippen LogP contribution is 2.46. The molecular formula is C13H17F9N2O4S. The Morgan fingerprint density at radius 3 is 2.07 bits per heavy atom. The molecule has 1 unspecified atom stereocenters. The molecule has 1 fully saturated rings. The molecule has 0 aromatic heterocycles. The molecule has 2 aliphatic heterocycles. The highest BCUT2D eigenvalue weighted by molar-refractivity contribution is 7.86. The number of allylic oxidation sites excluding steroid dienone is 2. The number of rotatable bonds is 4. The number of quaternary nitrogens is 1. The van der Waals surface area contributed by atoms with E-state index in [9.17, 15) is 52.5 Å². The fraction of sp³-hybridized carbons (Fsp3) is 0.846. The van der Waals surface area contributed by atoms with E-state index < -0.39 is 33.8 Å². The first-order chi connectivity index (χ1) is 12.9. The van der Waals surface area contributed by atoms with Crippen LogP contribution in [-0.4, -0.2) is 49.7 Å². The molecule has 29 heavy (non-hydrogen) atoms. The summed E-state index contributed by atoms with van der Waals surface area (Å²) in [7, 11) is -7.24. The lowest BCUT2D eigenvalue weighted by Gasteiger charge is -2.31. The van der Waals surface area contributed by atoms with Gasteiger partial charge in [0.2, 0.25) is 0 Å². The number of hydrogen-bond donors (Lipinski definition) is 2. The summed E-state index contributed by atoms with van der Waals surface area (Å²) in [4.78, 5) is 0. The summed E-state index contributed by atoms with van der Waals surface area (Å²) in [6.45, 7) is 2.50. The highest BCUT2D eigenvalue weighted by atomic mass is 32.2. The van der Waals surface area contributed by atoms with Crippen molar-refractivity contribution >= 4 is 10.1 Å². The van der Waals surface area contributed by atoms with E-state index in [-0.39, 0.29) is 0 Å². The van der Waals surface area contributed by atoms with Gasteiger partial charge in [0.1, 0.15) is 5.70 Å². The SMILES string of the molecule is C1=C2CCCCN[NH+]2CCC1.O=S(=O)([O-])C(F)(F)C(F)(F)OC(F)(F)C(F)(F)F. The number of ether oxygens (including phenoxy) is 1. The van der Waals surface area contributed by atoms with Gasteiger partial charge >= 0.3 is 23.6 Å². The summed E-state index contributed by atoms with van der Waals surface area (Å²) in [6, 6.07) is 0. The van der Waals surface area contributed by atoms with E-state index >= 15 is 0 Å². The van der Waals surface area contributed by atoms with Crippen molar-refractivity contribution in [2.75, 3.05) is 13.1 Å². The molecule has 0 aromatic carbocycles. The quantitative estimate of drug-likeness (QED) is 0.488. The number of fused-ring (bicyclic) bond motifs is 1. The van der Waals surface area contributed by atoms with Gasteiger partial charge in [-0.25, -0.2) is 18.2 Å². The molecule has 2 rings (SSSR count). The minimum atomic E-state index is -7.24. The van der Waals surface area contributed by atoms with Gasteiger partial charge in [-0.15, -0.1) is 0 Å². The molecule has 0 saturated carbocycles. The lowest BCUT2D eigenvalue weighted by atomic mass is 10.1. The topological polar surface area (TPSA) is 82.9 Å². The van der Waals surface area contributed by atoms with Gasteiger partial charge in [0.25, 0.3) is 0 Å². The van der Waals surface area contributed by atoms with Crippen molar-refractivity contribution < 1.29 is 62.2 Å². The Bertz CT molecular complexity index is 695. The third-order valence-corrected chi connectivity index (χ3v) is 4.73. The van der Waals surface area contributed by atoms with Crippen LogP contribution in [0.4, 0.5) is 39.5 Å². The molecule has 0 aromatic rings. The van der Waals surface area contributed by atoms with E-state index in [1.54, 1.807) is 10.7 Å². The second-order valence-electron chi connectivity index (χ2n) is 6.09. The summed E-state index contributed by atoms with van der Waals surface area (Å²) in [5, 5.41) is -5.26. The molecule has 0 aliphatic carbocycles. The zero-order valence-corrected chi connectivity index (χ0v) is 15.3. The molecule has 0 bridgehead atoms. The molecular weight excluding hydrogens is 451 g/mol. The van der Waals surface area contributed by atoms with Gasteiger partial charge in [-0.1, -0.05) is 0 Å². The van der Waals surface area contributed by atoms with Crippen LogP contribution in [0.15, 0.2) is 11.8 Å². The third kappa shape index (κ3) is 6.44. The van der Waals surface area contributed by atoms with Crippen LogP contribution >= 0.6 is 0 Å². The van der Waals surface area contributed by atoms with Gasteiger partial charge < -0.3 is 4.55 Å². The van der Waals surface area contributed by atoms with Crippen LogP contribution in [-0.2, 0) is 14.9 Å². The molecule has 0 amide bonds. The van der Waals surface area contributed by atoms with Crippen molar-refractivity contribution in [3.63, 3.8) is 0 Å². The second-order valence-corrected chi connectivity index (χ2v) is 7.51. The molecule has 0 radical (unpaired) electrons. The Morgan fingerprint density at radius 1 is 0.966 bits per heavy atom. The van der Waals surface area contributed by atoms with Gasteiger partial charge in [-0.2, -0.15) is 44.9 Å². The predicted molar refractivity (Wildman–Crippen MR) is 76.7 cm³/mol. The fourth-order valence-electron chi connectivity index (χ4n) is 2.40. The van der Waals surface area contributed by atoms with Crippen molar-refractivity contribution in [1.82, 2.24) is 5.43 Å². The molecule has 0 spiro atoms. The molecule has 1 atom stereocenters. The summed E-state index contributed by atoms with van der Waals surface area (Å²) in [5.74, 6) is 0. The number of nitrogens with one attached hydrogen (secondary N) is 2. The summed E-state index contributed by atoms with van der Waals surface area (Å²) < 4.78 is 137. The van der Waals surface area contributed by atoms with Crippen LogP contribution in [0.1, 0.15) is 32.1 Å². The van der Waals surface area contributed by atoms with Crippen LogP contribution in [0, 0.1) is 0 Å². The van der Waals surface area contributed by atoms with Crippen molar-refractivity contribution in [1.29, 1.82) is 0 Å². The zero-order chi connectivity index (χ0) is 22.7. The largest absolute Gasteiger partial charge is 0.743 e. The first-order valence-corrected chi connectivity index (χ1v) is 9.48. The number of hydrogen-bond acceptors (Lipinski definition) is 5. The van der Waals surface area contributed by atoms with E-state index in [1.807, 2.05) is 0 Å². The Balaban J connectivity index is 0.000000321. The van der Waals surface area contributed by atoms with Crippen LogP contribution in [0.2, 0.25) is 0 Å². The van der Waals surface area contributed by atoms with Crippen LogP contribution in [0.25, 0.3) is 0 Å².